The van der Waals surface area contributed by atoms with Gasteiger partial charge in [-0.3, -0.25) is 13.9 Å². The number of carbonyl (C=O) groups is 2. The number of hydrogen-bond donors (Lipinski definition) is 1. The molecule has 1 saturated carbocycles. The molecule has 1 aliphatic rings. The number of benzene rings is 2. The molecule has 8 heteroatoms. The summed E-state index contributed by atoms with van der Waals surface area (Å²) in [5.74, 6) is -0.636. The highest BCUT2D eigenvalue weighted by Gasteiger charge is 2.31. The van der Waals surface area contributed by atoms with Crippen molar-refractivity contribution in [3.8, 4) is 0 Å². The largest absolute Gasteiger partial charge is 0.352 e. The predicted molar refractivity (Wildman–Crippen MR) is 140 cm³/mol. The molecule has 0 aliphatic heterocycles. The van der Waals surface area contributed by atoms with Crippen LogP contribution >= 0.6 is 0 Å². The minimum absolute atomic E-state index is 0.128. The van der Waals surface area contributed by atoms with E-state index >= 15 is 0 Å². The van der Waals surface area contributed by atoms with Crippen LogP contribution in [0.15, 0.2) is 42.5 Å². The summed E-state index contributed by atoms with van der Waals surface area (Å²) in [4.78, 5) is 28.3. The zero-order chi connectivity index (χ0) is 25.8. The molecule has 1 atom stereocenters. The van der Waals surface area contributed by atoms with Crippen LogP contribution in [0.25, 0.3) is 0 Å². The second kappa shape index (κ2) is 11.2. The van der Waals surface area contributed by atoms with Gasteiger partial charge < -0.3 is 10.2 Å². The number of rotatable bonds is 9. The van der Waals surface area contributed by atoms with Crippen molar-refractivity contribution in [3.63, 3.8) is 0 Å². The highest BCUT2D eigenvalue weighted by atomic mass is 32.2. The predicted octanol–water partition coefficient (Wildman–Crippen LogP) is 3.85. The molecule has 0 spiro atoms. The molecule has 2 aromatic rings. The molecule has 2 amide bonds. The fourth-order valence-electron chi connectivity index (χ4n) is 4.65. The number of anilines is 1. The van der Waals surface area contributed by atoms with Crippen molar-refractivity contribution < 1.29 is 18.0 Å². The van der Waals surface area contributed by atoms with E-state index < -0.39 is 22.0 Å². The minimum atomic E-state index is -3.74. The molecular formula is C27H37N3O4S. The van der Waals surface area contributed by atoms with E-state index in [1.807, 2.05) is 51.1 Å². The van der Waals surface area contributed by atoms with Gasteiger partial charge in [0.2, 0.25) is 21.8 Å². The average Bonchev–Trinajstić information content (AvgIpc) is 3.27. The first-order valence-electron chi connectivity index (χ1n) is 12.2. The molecule has 1 N–H and O–H groups in total. The molecule has 7 nitrogen and oxygen atoms in total. The summed E-state index contributed by atoms with van der Waals surface area (Å²) in [5.41, 5.74) is 4.17. The molecule has 0 radical (unpaired) electrons. The lowest BCUT2D eigenvalue weighted by Gasteiger charge is -2.32. The number of sulfonamides is 1. The molecule has 2 aromatic carbocycles. The second-order valence-electron chi connectivity index (χ2n) is 9.73. The molecule has 1 aliphatic carbocycles. The normalized spacial score (nSPS) is 15.0. The van der Waals surface area contributed by atoms with E-state index in [4.69, 9.17) is 0 Å². The van der Waals surface area contributed by atoms with Crippen LogP contribution in [-0.4, -0.2) is 50.0 Å². The van der Waals surface area contributed by atoms with Crippen molar-refractivity contribution in [1.82, 2.24) is 10.2 Å². The van der Waals surface area contributed by atoms with Crippen LogP contribution in [0.1, 0.15) is 54.9 Å². The first kappa shape index (κ1) is 26.7. The third kappa shape index (κ3) is 7.07. The molecular weight excluding hydrogens is 462 g/mol. The summed E-state index contributed by atoms with van der Waals surface area (Å²) in [6.45, 7) is 7.28. The first-order valence-corrected chi connectivity index (χ1v) is 14.0. The van der Waals surface area contributed by atoms with Crippen molar-refractivity contribution in [1.29, 1.82) is 0 Å². The molecule has 0 heterocycles. The molecule has 190 valence electrons. The number of nitrogens with one attached hydrogen (secondary N) is 1. The summed E-state index contributed by atoms with van der Waals surface area (Å²) < 4.78 is 26.6. The van der Waals surface area contributed by atoms with Crippen molar-refractivity contribution >= 4 is 27.5 Å². The minimum Gasteiger partial charge on any atom is -0.352 e. The van der Waals surface area contributed by atoms with Crippen LogP contribution < -0.4 is 9.62 Å². The van der Waals surface area contributed by atoms with Gasteiger partial charge in [0.15, 0.2) is 0 Å². The van der Waals surface area contributed by atoms with Gasteiger partial charge in [-0.15, -0.1) is 0 Å². The molecule has 1 fully saturated rings. The Labute approximate surface area is 209 Å². The van der Waals surface area contributed by atoms with Crippen LogP contribution in [0.4, 0.5) is 5.69 Å². The van der Waals surface area contributed by atoms with Gasteiger partial charge in [-0.1, -0.05) is 43.2 Å². The van der Waals surface area contributed by atoms with Gasteiger partial charge in [-0.25, -0.2) is 8.42 Å². The number of amides is 2. The van der Waals surface area contributed by atoms with Gasteiger partial charge in [0.25, 0.3) is 0 Å². The van der Waals surface area contributed by atoms with Gasteiger partial charge >= 0.3 is 0 Å². The Morgan fingerprint density at radius 2 is 1.63 bits per heavy atom. The van der Waals surface area contributed by atoms with E-state index in [-0.39, 0.29) is 25.0 Å². The average molecular weight is 500 g/mol. The third-order valence-electron chi connectivity index (χ3n) is 6.64. The van der Waals surface area contributed by atoms with Crippen LogP contribution in [0, 0.1) is 20.8 Å². The second-order valence-corrected chi connectivity index (χ2v) is 11.6. The van der Waals surface area contributed by atoms with E-state index in [0.717, 1.165) is 58.5 Å². The summed E-state index contributed by atoms with van der Waals surface area (Å²) in [5, 5.41) is 3.08. The van der Waals surface area contributed by atoms with Crippen LogP contribution in [0.3, 0.4) is 0 Å². The van der Waals surface area contributed by atoms with Crippen molar-refractivity contribution in [2.45, 2.75) is 72.0 Å². The number of hydrogen-bond acceptors (Lipinski definition) is 4. The lowest BCUT2D eigenvalue weighted by atomic mass is 10.1. The highest BCUT2D eigenvalue weighted by Crippen LogP contribution is 2.23. The molecule has 35 heavy (non-hydrogen) atoms. The highest BCUT2D eigenvalue weighted by molar-refractivity contribution is 7.92. The van der Waals surface area contributed by atoms with Gasteiger partial charge in [0.05, 0.1) is 11.9 Å². The summed E-state index contributed by atoms with van der Waals surface area (Å²) in [6.07, 6.45) is 5.16. The monoisotopic (exact) mass is 499 g/mol. The SMILES string of the molecule is Cc1cc(C)cc(N(CC(=O)N(Cc2ccccc2C)[C@H](C)C(=O)NC2CCCC2)S(C)(=O)=O)c1. The van der Waals surface area contributed by atoms with Gasteiger partial charge in [-0.2, -0.15) is 0 Å². The Balaban J connectivity index is 1.91. The lowest BCUT2D eigenvalue weighted by Crippen LogP contribution is -2.52. The molecule has 0 aromatic heterocycles. The summed E-state index contributed by atoms with van der Waals surface area (Å²) in [6, 6.07) is 12.5. The van der Waals surface area contributed by atoms with E-state index in [2.05, 4.69) is 5.32 Å². The summed E-state index contributed by atoms with van der Waals surface area (Å²) in [7, 11) is -3.74. The maximum absolute atomic E-state index is 13.7. The maximum Gasteiger partial charge on any atom is 0.244 e. The fourth-order valence-corrected chi connectivity index (χ4v) is 5.49. The van der Waals surface area contributed by atoms with E-state index in [1.165, 1.54) is 4.90 Å². The van der Waals surface area contributed by atoms with E-state index in [1.54, 1.807) is 19.1 Å². The zero-order valence-corrected chi connectivity index (χ0v) is 22.2. The van der Waals surface area contributed by atoms with E-state index in [0.29, 0.717) is 5.69 Å². The molecule has 3 rings (SSSR count). The van der Waals surface area contributed by atoms with Gasteiger partial charge in [-0.05, 0) is 74.9 Å². The van der Waals surface area contributed by atoms with Crippen LogP contribution in [0.2, 0.25) is 0 Å². The van der Waals surface area contributed by atoms with Gasteiger partial charge in [0.1, 0.15) is 12.6 Å². The number of aryl methyl sites for hydroxylation is 3. The summed E-state index contributed by atoms with van der Waals surface area (Å²) >= 11 is 0. The molecule has 0 saturated heterocycles. The smallest absolute Gasteiger partial charge is 0.244 e. The number of carbonyl (C=O) groups excluding carboxylic acids is 2. The quantitative estimate of drug-likeness (QED) is 0.568. The number of nitrogens with zero attached hydrogens (tertiary/aromatic N) is 2. The lowest BCUT2D eigenvalue weighted by molar-refractivity contribution is -0.139. The standard InChI is InChI=1S/C27H37N3O4S/c1-19-14-20(2)16-25(15-19)30(35(5,33)34)18-26(31)29(17-23-11-7-6-10-21(23)3)22(4)27(32)28-24-12-8-9-13-24/h6-7,10-11,14-16,22,24H,8-9,12-13,17-18H2,1-5H3,(H,28,32)/t22-/m1/s1. The first-order chi connectivity index (χ1) is 16.5. The Hall–Kier alpha value is -2.87. The van der Waals surface area contributed by atoms with E-state index in [9.17, 15) is 18.0 Å². The van der Waals surface area contributed by atoms with Crippen molar-refractivity contribution in [2.24, 2.45) is 0 Å². The van der Waals surface area contributed by atoms with Crippen LogP contribution in [-0.2, 0) is 26.2 Å². The van der Waals surface area contributed by atoms with Gasteiger partial charge in [0, 0.05) is 12.6 Å². The zero-order valence-electron chi connectivity index (χ0n) is 21.4. The third-order valence-corrected chi connectivity index (χ3v) is 7.79. The van der Waals surface area contributed by atoms with Crippen molar-refractivity contribution in [3.05, 3.63) is 64.7 Å². The van der Waals surface area contributed by atoms with Crippen molar-refractivity contribution in [2.75, 3.05) is 17.1 Å². The Morgan fingerprint density at radius 3 is 2.20 bits per heavy atom. The Bertz CT molecular complexity index is 1150. The van der Waals surface area contributed by atoms with Crippen LogP contribution in [0.5, 0.6) is 0 Å². The Morgan fingerprint density at radius 1 is 1.03 bits per heavy atom. The molecule has 0 bridgehead atoms. The fraction of sp³-hybridized carbons (Fsp3) is 0.481. The maximum atomic E-state index is 13.7. The molecule has 0 unspecified atom stereocenters. The Kier molecular flexibility index (Phi) is 8.59. The topological polar surface area (TPSA) is 86.8 Å².